The van der Waals surface area contributed by atoms with E-state index < -0.39 is 18.0 Å². The van der Waals surface area contributed by atoms with Crippen LogP contribution in [-0.2, 0) is 22.4 Å². The summed E-state index contributed by atoms with van der Waals surface area (Å²) in [5.41, 5.74) is 3.86. The first kappa shape index (κ1) is 24.3. The van der Waals surface area contributed by atoms with Crippen molar-refractivity contribution in [3.8, 4) is 11.1 Å². The molecule has 1 atom stereocenters. The Hall–Kier alpha value is -3.79. The molecule has 0 spiro atoms. The minimum Gasteiger partial charge on any atom is -0.442 e. The van der Waals surface area contributed by atoms with Crippen LogP contribution in [0.15, 0.2) is 48.7 Å². The van der Waals surface area contributed by atoms with Crippen molar-refractivity contribution in [3.63, 3.8) is 0 Å². The molecule has 0 bridgehead atoms. The first-order valence-electron chi connectivity index (χ1n) is 11.7. The molecule has 1 unspecified atom stereocenters. The molecule has 184 valence electrons. The van der Waals surface area contributed by atoms with Gasteiger partial charge in [-0.2, -0.15) is 0 Å². The maximum atomic E-state index is 14.9. The van der Waals surface area contributed by atoms with E-state index in [2.05, 4.69) is 26.0 Å². The van der Waals surface area contributed by atoms with Gasteiger partial charge in [-0.1, -0.05) is 29.5 Å². The lowest BCUT2D eigenvalue weighted by Crippen LogP contribution is -2.33. The fourth-order valence-corrected chi connectivity index (χ4v) is 3.96. The first-order valence-corrected chi connectivity index (χ1v) is 11.7. The Kier molecular flexibility index (Phi) is 8.04. The summed E-state index contributed by atoms with van der Waals surface area (Å²) in [7, 11) is 0. The number of aromatic nitrogens is 3. The highest BCUT2D eigenvalue weighted by Crippen LogP contribution is 2.29. The van der Waals surface area contributed by atoms with Crippen LogP contribution in [0.5, 0.6) is 0 Å². The van der Waals surface area contributed by atoms with Gasteiger partial charge in [0.15, 0.2) is 0 Å². The van der Waals surface area contributed by atoms with Crippen LogP contribution in [0, 0.1) is 5.82 Å². The average molecular weight is 481 g/mol. The molecular weight excluding hydrogens is 451 g/mol. The van der Waals surface area contributed by atoms with E-state index in [1.807, 2.05) is 24.3 Å². The van der Waals surface area contributed by atoms with E-state index in [1.165, 1.54) is 23.5 Å². The molecule has 2 heterocycles. The third-order valence-corrected chi connectivity index (χ3v) is 5.84. The lowest BCUT2D eigenvalue weighted by atomic mass is 10.0. The predicted octanol–water partition coefficient (Wildman–Crippen LogP) is 2.84. The molecule has 1 saturated heterocycles. The van der Waals surface area contributed by atoms with Gasteiger partial charge >= 0.3 is 6.09 Å². The fraction of sp³-hybridized carbons (Fsp3) is 0.360. The number of aryl methyl sites for hydroxylation is 1. The molecule has 2 aromatic carbocycles. The number of anilines is 1. The Morgan fingerprint density at radius 1 is 1.20 bits per heavy atom. The molecule has 35 heavy (non-hydrogen) atoms. The van der Waals surface area contributed by atoms with Crippen LogP contribution in [-0.4, -0.2) is 59.7 Å². The maximum absolute atomic E-state index is 14.9. The summed E-state index contributed by atoms with van der Waals surface area (Å²) in [5, 5.41) is 16.4. The van der Waals surface area contributed by atoms with Crippen LogP contribution >= 0.6 is 0 Å². The number of amides is 2. The molecule has 0 aliphatic carbocycles. The minimum absolute atomic E-state index is 0.198. The van der Waals surface area contributed by atoms with Crippen molar-refractivity contribution in [2.75, 3.05) is 31.1 Å². The minimum atomic E-state index is -0.552. The number of halogens is 1. The van der Waals surface area contributed by atoms with Gasteiger partial charge in [-0.05, 0) is 61.7 Å². The van der Waals surface area contributed by atoms with Gasteiger partial charge in [-0.15, -0.1) is 5.10 Å². The Morgan fingerprint density at radius 3 is 2.74 bits per heavy atom. The van der Waals surface area contributed by atoms with E-state index in [1.54, 1.807) is 18.3 Å². The summed E-state index contributed by atoms with van der Waals surface area (Å²) >= 11 is 0. The van der Waals surface area contributed by atoms with Gasteiger partial charge in [0, 0.05) is 12.5 Å². The summed E-state index contributed by atoms with van der Waals surface area (Å²) in [4.78, 5) is 24.6. The van der Waals surface area contributed by atoms with Crippen LogP contribution in [0.3, 0.4) is 0 Å². The van der Waals surface area contributed by atoms with Crippen molar-refractivity contribution in [1.29, 1.82) is 0 Å². The van der Waals surface area contributed by atoms with Gasteiger partial charge in [0.05, 0.1) is 30.7 Å². The van der Waals surface area contributed by atoms with Crippen molar-refractivity contribution in [1.82, 2.24) is 26.0 Å². The second kappa shape index (κ2) is 11.6. The third-order valence-electron chi connectivity index (χ3n) is 5.84. The number of nitrogens with one attached hydrogen (secondary N) is 3. The molecule has 1 aliphatic heterocycles. The number of ether oxygens (including phenoxy) is 1. The summed E-state index contributed by atoms with van der Waals surface area (Å²) in [6, 6.07) is 12.5. The van der Waals surface area contributed by atoms with E-state index in [9.17, 15) is 14.0 Å². The molecule has 0 saturated carbocycles. The monoisotopic (exact) mass is 480 g/mol. The molecule has 1 aliphatic rings. The van der Waals surface area contributed by atoms with Gasteiger partial charge in [-0.3, -0.25) is 14.8 Å². The molecule has 0 radical (unpaired) electrons. The summed E-state index contributed by atoms with van der Waals surface area (Å²) in [5.74, 6) is -0.612. The standard InChI is InChI=1S/C25H29FN6O3/c1-17(33)28-15-22-16-32(25(34)35-22)21-8-9-23(24(26)13-21)19-6-4-18(5-7-19)10-12-27-11-2-3-20-14-29-31-30-20/h4-9,13-14,22,27H,2-3,10-12,15-16H2,1H3,(H,28,33)(H,29,30,31). The van der Waals surface area contributed by atoms with Crippen LogP contribution in [0.2, 0.25) is 0 Å². The van der Waals surface area contributed by atoms with E-state index >= 15 is 0 Å². The number of hydrogen-bond acceptors (Lipinski definition) is 6. The average Bonchev–Trinajstić information content (AvgIpc) is 3.50. The molecule has 3 aromatic rings. The Morgan fingerprint density at radius 2 is 2.03 bits per heavy atom. The number of rotatable bonds is 11. The largest absolute Gasteiger partial charge is 0.442 e. The molecule has 2 amide bonds. The topological polar surface area (TPSA) is 112 Å². The lowest BCUT2D eigenvalue weighted by Gasteiger charge is -2.15. The smallest absolute Gasteiger partial charge is 0.414 e. The zero-order chi connectivity index (χ0) is 24.6. The summed E-state index contributed by atoms with van der Waals surface area (Å²) in [6.45, 7) is 3.64. The van der Waals surface area contributed by atoms with Gasteiger partial charge in [0.25, 0.3) is 0 Å². The van der Waals surface area contributed by atoms with Gasteiger partial charge in [0.2, 0.25) is 5.91 Å². The number of aromatic amines is 1. The van der Waals surface area contributed by atoms with Crippen molar-refractivity contribution in [3.05, 3.63) is 65.7 Å². The Balaban J connectivity index is 1.27. The number of nitrogens with zero attached hydrogens (tertiary/aromatic N) is 3. The molecule has 1 fully saturated rings. The lowest BCUT2D eigenvalue weighted by molar-refractivity contribution is -0.119. The van der Waals surface area contributed by atoms with Crippen molar-refractivity contribution < 1.29 is 18.7 Å². The Labute approximate surface area is 203 Å². The Bertz CT molecular complexity index is 1140. The van der Waals surface area contributed by atoms with E-state index in [0.717, 1.165) is 43.6 Å². The second-order valence-electron chi connectivity index (χ2n) is 8.50. The quantitative estimate of drug-likeness (QED) is 0.364. The zero-order valence-corrected chi connectivity index (χ0v) is 19.6. The van der Waals surface area contributed by atoms with E-state index in [-0.39, 0.29) is 19.0 Å². The normalized spacial score (nSPS) is 15.3. The van der Waals surface area contributed by atoms with Crippen molar-refractivity contribution in [2.24, 2.45) is 0 Å². The highest BCUT2D eigenvalue weighted by Gasteiger charge is 2.32. The van der Waals surface area contributed by atoms with E-state index in [4.69, 9.17) is 4.74 Å². The molecule has 10 heteroatoms. The number of cyclic esters (lactones) is 1. The molecule has 4 rings (SSSR count). The van der Waals surface area contributed by atoms with Crippen molar-refractivity contribution in [2.45, 2.75) is 32.3 Å². The number of benzene rings is 2. The van der Waals surface area contributed by atoms with E-state index in [0.29, 0.717) is 11.3 Å². The highest BCUT2D eigenvalue weighted by molar-refractivity contribution is 5.90. The molecule has 3 N–H and O–H groups in total. The second-order valence-corrected chi connectivity index (χ2v) is 8.50. The predicted molar refractivity (Wildman–Crippen MR) is 129 cm³/mol. The number of carbonyl (C=O) groups is 2. The van der Waals surface area contributed by atoms with Gasteiger partial charge < -0.3 is 15.4 Å². The van der Waals surface area contributed by atoms with Crippen LogP contribution in [0.1, 0.15) is 24.6 Å². The first-order chi connectivity index (χ1) is 17.0. The number of H-pyrrole nitrogens is 1. The van der Waals surface area contributed by atoms with Gasteiger partial charge in [-0.25, -0.2) is 9.18 Å². The highest BCUT2D eigenvalue weighted by atomic mass is 19.1. The molecular formula is C25H29FN6O3. The maximum Gasteiger partial charge on any atom is 0.414 e. The summed E-state index contributed by atoms with van der Waals surface area (Å²) < 4.78 is 20.2. The van der Waals surface area contributed by atoms with Crippen LogP contribution < -0.4 is 15.5 Å². The SMILES string of the molecule is CC(=O)NCC1CN(c2ccc(-c3ccc(CCNCCCc4cnn[nH]4)cc3)c(F)c2)C(=O)O1. The third kappa shape index (κ3) is 6.63. The van der Waals surface area contributed by atoms with Crippen LogP contribution in [0.25, 0.3) is 11.1 Å². The summed E-state index contributed by atoms with van der Waals surface area (Å²) in [6.07, 6.45) is 3.51. The van der Waals surface area contributed by atoms with Crippen LogP contribution in [0.4, 0.5) is 14.9 Å². The molecule has 9 nitrogen and oxygen atoms in total. The van der Waals surface area contributed by atoms with Gasteiger partial charge in [0.1, 0.15) is 11.9 Å². The molecule has 1 aromatic heterocycles. The van der Waals surface area contributed by atoms with Crippen molar-refractivity contribution >= 4 is 17.7 Å². The zero-order valence-electron chi connectivity index (χ0n) is 19.6. The fourth-order valence-electron chi connectivity index (χ4n) is 3.96. The number of hydrogen-bond donors (Lipinski definition) is 3. The number of carbonyl (C=O) groups excluding carboxylic acids is 2.